The van der Waals surface area contributed by atoms with Crippen LogP contribution in [0.3, 0.4) is 0 Å². The number of aliphatic hydroxyl groups is 10. The summed E-state index contributed by atoms with van der Waals surface area (Å²) in [4.78, 5) is 51.0. The molecular formula is C72H133O24P. The topological polar surface area (TPSA) is 374 Å². The Labute approximate surface area is 580 Å². The average Bonchev–Trinajstić information content (AvgIpc) is 0.764. The van der Waals surface area contributed by atoms with Gasteiger partial charge in [-0.15, -0.1) is 0 Å². The molecular weight excluding hydrogens is 1280 g/mol. The molecule has 1 aliphatic carbocycles. The van der Waals surface area contributed by atoms with Crippen LogP contribution in [0.15, 0.2) is 12.2 Å². The Bertz CT molecular complexity index is 2060. The number of phosphoric acid groups is 1. The van der Waals surface area contributed by atoms with Crippen molar-refractivity contribution < 1.29 is 117 Å². The fourth-order valence-electron chi connectivity index (χ4n) is 12.6. The Morgan fingerprint density at radius 3 is 1.12 bits per heavy atom. The van der Waals surface area contributed by atoms with E-state index in [-0.39, 0.29) is 19.3 Å². The Balaban J connectivity index is 1.74. The molecule has 570 valence electrons. The number of rotatable bonds is 59. The van der Waals surface area contributed by atoms with Crippen LogP contribution in [0, 0.1) is 0 Å². The second-order valence-electron chi connectivity index (χ2n) is 27.4. The highest BCUT2D eigenvalue weighted by Crippen LogP contribution is 2.49. The minimum atomic E-state index is -5.69. The normalized spacial score (nSPS) is 27.8. The van der Waals surface area contributed by atoms with E-state index in [4.69, 9.17) is 42.2 Å². The lowest BCUT2D eigenvalue weighted by Crippen LogP contribution is -2.69. The minimum Gasteiger partial charge on any atom is -0.463 e. The number of carbonyl (C=O) groups is 3. The van der Waals surface area contributed by atoms with Gasteiger partial charge < -0.3 is 89.1 Å². The number of carbonyl (C=O) groups excluding carboxylic acids is 3. The summed E-state index contributed by atoms with van der Waals surface area (Å²) in [6, 6.07) is 0. The van der Waals surface area contributed by atoms with Gasteiger partial charge in [0.25, 0.3) is 0 Å². The highest BCUT2D eigenvalue weighted by atomic mass is 31.2. The van der Waals surface area contributed by atoms with Crippen molar-refractivity contribution in [2.75, 3.05) is 26.4 Å². The largest absolute Gasteiger partial charge is 0.472 e. The number of hydrogen-bond acceptors (Lipinski definition) is 23. The summed E-state index contributed by atoms with van der Waals surface area (Å²) < 4.78 is 65.0. The van der Waals surface area contributed by atoms with E-state index >= 15 is 0 Å². The van der Waals surface area contributed by atoms with Gasteiger partial charge in [0.15, 0.2) is 18.7 Å². The molecule has 97 heavy (non-hydrogen) atoms. The molecule has 0 aromatic rings. The predicted molar refractivity (Wildman–Crippen MR) is 365 cm³/mol. The van der Waals surface area contributed by atoms with E-state index in [1.54, 1.807) is 0 Å². The number of esters is 3. The van der Waals surface area contributed by atoms with E-state index in [1.165, 1.54) is 128 Å². The van der Waals surface area contributed by atoms with E-state index in [0.717, 1.165) is 109 Å². The lowest BCUT2D eigenvalue weighted by molar-refractivity contribution is -0.360. The lowest BCUT2D eigenvalue weighted by Gasteiger charge is -2.49. The summed E-state index contributed by atoms with van der Waals surface area (Å²) >= 11 is 0. The number of unbranched alkanes of at least 4 members (excludes halogenated alkanes) is 36. The van der Waals surface area contributed by atoms with Gasteiger partial charge in [-0.05, 0) is 44.9 Å². The summed E-state index contributed by atoms with van der Waals surface area (Å²) in [7, 11) is -5.69. The molecule has 11 N–H and O–H groups in total. The maximum absolute atomic E-state index is 14.3. The molecule has 0 aromatic heterocycles. The lowest BCUT2D eigenvalue weighted by atomic mass is 9.84. The maximum Gasteiger partial charge on any atom is 0.472 e. The van der Waals surface area contributed by atoms with Crippen molar-refractivity contribution in [3.05, 3.63) is 12.2 Å². The number of phosphoric ester groups is 1. The number of hydrogen-bond donors (Lipinski definition) is 11. The van der Waals surface area contributed by atoms with Crippen molar-refractivity contribution in [2.24, 2.45) is 0 Å². The first-order valence-electron chi connectivity index (χ1n) is 38.0. The molecule has 2 heterocycles. The number of allylic oxidation sites excluding steroid dienone is 2. The standard InChI is InChI=1S/C72H133O24P/c1-4-7-10-13-16-19-22-25-27-30-33-36-39-42-45-48-58(76)91-53(50-88-56(74)46-43-40-37-34-32-29-26-23-20-17-14-11-8-5-2)51-90-97(86,87)96-70-68(94-71-66(84)61(79)59(77)54(49-73)92-71)64(82)63(81)65(83)69(70)95-72-67(85)62(80)60(78)55(93-72)52-89-57(75)47-44-41-38-35-31-28-24-21-18-15-12-9-6-3/h19,22,53-55,59-73,77-85H,4-18,20-21,23-52H2,1-3H3,(H,86,87)/b22-19-. The van der Waals surface area contributed by atoms with Gasteiger partial charge in [-0.1, -0.05) is 245 Å². The average molecular weight is 1410 g/mol. The van der Waals surface area contributed by atoms with E-state index in [2.05, 4.69) is 32.9 Å². The summed E-state index contributed by atoms with van der Waals surface area (Å²) in [6.07, 6.45) is 12.7. The van der Waals surface area contributed by atoms with Gasteiger partial charge in [-0.25, -0.2) is 4.57 Å². The zero-order valence-electron chi connectivity index (χ0n) is 59.4. The molecule has 0 bridgehead atoms. The second kappa shape index (κ2) is 54.4. The smallest absolute Gasteiger partial charge is 0.463 e. The zero-order chi connectivity index (χ0) is 71.1. The molecule has 0 radical (unpaired) electrons. The van der Waals surface area contributed by atoms with Gasteiger partial charge in [0.2, 0.25) is 0 Å². The van der Waals surface area contributed by atoms with Crippen LogP contribution >= 0.6 is 7.82 Å². The molecule has 0 aromatic carbocycles. The van der Waals surface area contributed by atoms with Crippen molar-refractivity contribution in [1.29, 1.82) is 0 Å². The Hall–Kier alpha value is -2.30. The second-order valence-corrected chi connectivity index (χ2v) is 28.8. The van der Waals surface area contributed by atoms with Gasteiger partial charge in [0, 0.05) is 19.3 Å². The van der Waals surface area contributed by atoms with E-state index in [0.29, 0.717) is 19.3 Å². The third-order valence-electron chi connectivity index (χ3n) is 18.8. The molecule has 3 rings (SSSR count). The van der Waals surface area contributed by atoms with Crippen LogP contribution in [0.2, 0.25) is 0 Å². The van der Waals surface area contributed by atoms with Crippen molar-refractivity contribution in [3.8, 4) is 0 Å². The van der Waals surface area contributed by atoms with Crippen molar-refractivity contribution in [2.45, 2.75) is 401 Å². The molecule has 0 amide bonds. The maximum atomic E-state index is 14.3. The number of aliphatic hydroxyl groups excluding tert-OH is 10. The van der Waals surface area contributed by atoms with Crippen LogP contribution in [-0.2, 0) is 61.2 Å². The van der Waals surface area contributed by atoms with E-state index in [1.807, 2.05) is 0 Å². The zero-order valence-corrected chi connectivity index (χ0v) is 60.3. The van der Waals surface area contributed by atoms with Gasteiger partial charge in [-0.3, -0.25) is 23.4 Å². The Morgan fingerprint density at radius 2 is 0.722 bits per heavy atom. The number of ether oxygens (including phenoxy) is 7. The molecule has 18 atom stereocenters. The third-order valence-corrected chi connectivity index (χ3v) is 19.8. The van der Waals surface area contributed by atoms with Crippen LogP contribution in [-0.4, -0.2) is 204 Å². The Kier molecular flexibility index (Phi) is 49.8. The van der Waals surface area contributed by atoms with E-state index < -0.39 is 156 Å². The van der Waals surface area contributed by atoms with Crippen molar-refractivity contribution in [1.82, 2.24) is 0 Å². The first kappa shape index (κ1) is 88.9. The molecule has 0 spiro atoms. The summed E-state index contributed by atoms with van der Waals surface area (Å²) in [5.41, 5.74) is 0. The highest BCUT2D eigenvalue weighted by molar-refractivity contribution is 7.47. The van der Waals surface area contributed by atoms with Crippen LogP contribution in [0.1, 0.15) is 297 Å². The van der Waals surface area contributed by atoms with Gasteiger partial charge in [-0.2, -0.15) is 0 Å². The van der Waals surface area contributed by atoms with Gasteiger partial charge in [0.1, 0.15) is 98.7 Å². The summed E-state index contributed by atoms with van der Waals surface area (Å²) in [5, 5.41) is 110. The quantitative estimate of drug-likeness (QED) is 0.00886. The van der Waals surface area contributed by atoms with Crippen LogP contribution in [0.4, 0.5) is 0 Å². The molecule has 18 unspecified atom stereocenters. The molecule has 2 saturated heterocycles. The molecule has 24 nitrogen and oxygen atoms in total. The van der Waals surface area contributed by atoms with Crippen LogP contribution in [0.25, 0.3) is 0 Å². The molecule has 2 aliphatic heterocycles. The fourth-order valence-corrected chi connectivity index (χ4v) is 13.5. The Morgan fingerprint density at radius 1 is 0.392 bits per heavy atom. The van der Waals surface area contributed by atoms with Gasteiger partial charge in [0.05, 0.1) is 13.2 Å². The first-order valence-corrected chi connectivity index (χ1v) is 39.5. The monoisotopic (exact) mass is 1410 g/mol. The van der Waals surface area contributed by atoms with Crippen LogP contribution in [0.5, 0.6) is 0 Å². The van der Waals surface area contributed by atoms with Crippen molar-refractivity contribution >= 4 is 25.7 Å². The molecule has 25 heteroatoms. The minimum absolute atomic E-state index is 0.0322. The molecule has 1 saturated carbocycles. The predicted octanol–water partition coefficient (Wildman–Crippen LogP) is 10.4. The van der Waals surface area contributed by atoms with E-state index in [9.17, 15) is 74.9 Å². The SMILES string of the molecule is CCCCCC/C=C\CCCCCCCCCC(=O)OC(COC(=O)CCCCCCCCCCCCCCCC)COP(=O)(O)OC1C(OC2OC(CO)C(O)C(O)C2O)C(O)C(O)C(O)C1OC1OC(COC(=O)CCCCCCCCCCCCCCC)C(O)C(O)C1O. The fraction of sp³-hybridized carbons (Fsp3) is 0.931. The van der Waals surface area contributed by atoms with Crippen molar-refractivity contribution in [3.63, 3.8) is 0 Å². The van der Waals surface area contributed by atoms with Gasteiger partial charge >= 0.3 is 25.7 Å². The summed E-state index contributed by atoms with van der Waals surface area (Å²) in [5.74, 6) is -1.98. The first-order chi connectivity index (χ1) is 46.8. The third kappa shape index (κ3) is 37.6. The summed E-state index contributed by atoms with van der Waals surface area (Å²) in [6.45, 7) is 3.44. The molecule has 3 fully saturated rings. The molecule has 3 aliphatic rings. The highest BCUT2D eigenvalue weighted by Gasteiger charge is 2.58. The van der Waals surface area contributed by atoms with Crippen LogP contribution < -0.4 is 0 Å².